The second-order valence-electron chi connectivity index (χ2n) is 2.30. The quantitative estimate of drug-likeness (QED) is 0.515. The Kier molecular flexibility index (Phi) is 5.19. The lowest BCUT2D eigenvalue weighted by Crippen LogP contribution is -2.21. The highest BCUT2D eigenvalue weighted by Crippen LogP contribution is 2.03. The minimum absolute atomic E-state index is 0.00972. The van der Waals surface area contributed by atoms with E-state index in [4.69, 9.17) is 26.9 Å². The third-order valence-electron chi connectivity index (χ3n) is 1.13. The molecule has 4 nitrogen and oxygen atoms in total. The van der Waals surface area contributed by atoms with Crippen molar-refractivity contribution in [1.82, 2.24) is 0 Å². The van der Waals surface area contributed by atoms with Gasteiger partial charge in [0, 0.05) is 12.3 Å². The van der Waals surface area contributed by atoms with Crippen LogP contribution in [-0.4, -0.2) is 39.4 Å². The number of aliphatic carboxylic acids is 1. The van der Waals surface area contributed by atoms with Crippen molar-refractivity contribution < 1.29 is 20.1 Å². The molecule has 0 fully saturated rings. The standard InChI is InChI=1S/C6H11ClO4/c7-3-5(9)1-4(8)2-6(10)11/h4-5,8-9H,1-3H2,(H,10,11). The number of aliphatic hydroxyl groups is 2. The zero-order valence-electron chi connectivity index (χ0n) is 5.90. The number of carbonyl (C=O) groups is 1. The summed E-state index contributed by atoms with van der Waals surface area (Å²) in [4.78, 5) is 10.0. The molecule has 0 amide bonds. The molecule has 0 spiro atoms. The van der Waals surface area contributed by atoms with Gasteiger partial charge in [0.05, 0.1) is 18.6 Å². The molecule has 0 aromatic carbocycles. The van der Waals surface area contributed by atoms with Gasteiger partial charge in [0.1, 0.15) is 0 Å². The summed E-state index contributed by atoms with van der Waals surface area (Å²) in [5, 5.41) is 26.0. The van der Waals surface area contributed by atoms with Crippen LogP contribution in [0.2, 0.25) is 0 Å². The first kappa shape index (κ1) is 10.7. The average molecular weight is 183 g/mol. The molecule has 0 aromatic heterocycles. The van der Waals surface area contributed by atoms with Crippen molar-refractivity contribution in [2.75, 3.05) is 5.88 Å². The maximum absolute atomic E-state index is 10.0. The van der Waals surface area contributed by atoms with Crippen LogP contribution in [0, 0.1) is 0 Å². The summed E-state index contributed by atoms with van der Waals surface area (Å²) in [5.74, 6) is -1.07. The predicted molar refractivity (Wildman–Crippen MR) is 39.6 cm³/mol. The summed E-state index contributed by atoms with van der Waals surface area (Å²) in [6.07, 6.45) is -2.18. The monoisotopic (exact) mass is 182 g/mol. The Morgan fingerprint density at radius 2 is 1.91 bits per heavy atom. The van der Waals surface area contributed by atoms with Crippen molar-refractivity contribution in [2.45, 2.75) is 25.0 Å². The van der Waals surface area contributed by atoms with E-state index in [0.717, 1.165) is 0 Å². The van der Waals surface area contributed by atoms with E-state index in [9.17, 15) is 4.79 Å². The van der Waals surface area contributed by atoms with E-state index in [-0.39, 0.29) is 18.7 Å². The molecule has 0 aromatic rings. The highest BCUT2D eigenvalue weighted by atomic mass is 35.5. The van der Waals surface area contributed by atoms with E-state index in [1.54, 1.807) is 0 Å². The molecule has 0 saturated carbocycles. The van der Waals surface area contributed by atoms with Gasteiger partial charge in [-0.15, -0.1) is 11.6 Å². The van der Waals surface area contributed by atoms with Crippen LogP contribution >= 0.6 is 11.6 Å². The normalized spacial score (nSPS) is 15.9. The molecule has 2 atom stereocenters. The largest absolute Gasteiger partial charge is 0.481 e. The number of carboxylic acid groups (broad SMARTS) is 1. The van der Waals surface area contributed by atoms with E-state index >= 15 is 0 Å². The topological polar surface area (TPSA) is 77.8 Å². The average Bonchev–Trinajstić information content (AvgIpc) is 1.85. The molecular formula is C6H11ClO4. The fourth-order valence-electron chi connectivity index (χ4n) is 0.662. The maximum atomic E-state index is 10.0. The number of rotatable bonds is 5. The van der Waals surface area contributed by atoms with Gasteiger partial charge in [-0.2, -0.15) is 0 Å². The summed E-state index contributed by atoms with van der Waals surface area (Å²) >= 11 is 5.22. The molecule has 0 aliphatic rings. The molecule has 5 heteroatoms. The molecule has 0 aliphatic heterocycles. The predicted octanol–water partition coefficient (Wildman–Crippen LogP) is -0.188. The van der Waals surface area contributed by atoms with E-state index in [1.165, 1.54) is 0 Å². The Morgan fingerprint density at radius 1 is 1.36 bits per heavy atom. The lowest BCUT2D eigenvalue weighted by atomic mass is 10.1. The van der Waals surface area contributed by atoms with Crippen LogP contribution in [0.3, 0.4) is 0 Å². The number of halogens is 1. The highest BCUT2D eigenvalue weighted by Gasteiger charge is 2.13. The van der Waals surface area contributed by atoms with Gasteiger partial charge in [-0.3, -0.25) is 4.79 Å². The molecule has 66 valence electrons. The molecule has 11 heavy (non-hydrogen) atoms. The molecule has 2 unspecified atom stereocenters. The summed E-state index contributed by atoms with van der Waals surface area (Å²) in [6, 6.07) is 0. The Hall–Kier alpha value is -0.320. The van der Waals surface area contributed by atoms with E-state index in [1.807, 2.05) is 0 Å². The lowest BCUT2D eigenvalue weighted by Gasteiger charge is -2.10. The first-order chi connectivity index (χ1) is 5.06. The Bertz CT molecular complexity index is 128. The summed E-state index contributed by atoms with van der Waals surface area (Å²) in [5.41, 5.74) is 0. The van der Waals surface area contributed by atoms with Crippen molar-refractivity contribution in [1.29, 1.82) is 0 Å². The zero-order chi connectivity index (χ0) is 8.85. The van der Waals surface area contributed by atoms with Crippen LogP contribution in [0.25, 0.3) is 0 Å². The van der Waals surface area contributed by atoms with Crippen LogP contribution in [0.5, 0.6) is 0 Å². The fraction of sp³-hybridized carbons (Fsp3) is 0.833. The number of carboxylic acids is 1. The van der Waals surface area contributed by atoms with Crippen LogP contribution in [0.15, 0.2) is 0 Å². The van der Waals surface area contributed by atoms with Gasteiger partial charge in [-0.05, 0) is 0 Å². The van der Waals surface area contributed by atoms with Gasteiger partial charge < -0.3 is 15.3 Å². The van der Waals surface area contributed by atoms with Gasteiger partial charge in [0.15, 0.2) is 0 Å². The number of hydrogen-bond donors (Lipinski definition) is 3. The highest BCUT2D eigenvalue weighted by molar-refractivity contribution is 6.18. The molecule has 0 heterocycles. The molecule has 0 bridgehead atoms. The van der Waals surface area contributed by atoms with Crippen LogP contribution in [0.4, 0.5) is 0 Å². The zero-order valence-corrected chi connectivity index (χ0v) is 6.66. The second-order valence-corrected chi connectivity index (χ2v) is 2.60. The second kappa shape index (κ2) is 5.35. The summed E-state index contributed by atoms with van der Waals surface area (Å²) < 4.78 is 0. The summed E-state index contributed by atoms with van der Waals surface area (Å²) in [7, 11) is 0. The van der Waals surface area contributed by atoms with Crippen molar-refractivity contribution in [3.8, 4) is 0 Å². The molecule has 0 aliphatic carbocycles. The van der Waals surface area contributed by atoms with Crippen molar-refractivity contribution in [3.63, 3.8) is 0 Å². The Labute approximate surface area is 69.4 Å². The maximum Gasteiger partial charge on any atom is 0.305 e. The van der Waals surface area contributed by atoms with Gasteiger partial charge in [0.2, 0.25) is 0 Å². The number of aliphatic hydroxyl groups excluding tert-OH is 2. The lowest BCUT2D eigenvalue weighted by molar-refractivity contribution is -0.139. The van der Waals surface area contributed by atoms with Crippen molar-refractivity contribution in [3.05, 3.63) is 0 Å². The van der Waals surface area contributed by atoms with E-state index in [0.29, 0.717) is 0 Å². The molecule has 0 radical (unpaired) electrons. The molecule has 0 rings (SSSR count). The van der Waals surface area contributed by atoms with Gasteiger partial charge >= 0.3 is 5.97 Å². The van der Waals surface area contributed by atoms with Crippen LogP contribution in [-0.2, 0) is 4.79 Å². The Morgan fingerprint density at radius 3 is 2.27 bits per heavy atom. The summed E-state index contributed by atoms with van der Waals surface area (Å²) in [6.45, 7) is 0. The smallest absolute Gasteiger partial charge is 0.305 e. The van der Waals surface area contributed by atoms with Crippen LogP contribution in [0.1, 0.15) is 12.8 Å². The van der Waals surface area contributed by atoms with Crippen LogP contribution < -0.4 is 0 Å². The minimum atomic E-state index is -1.08. The van der Waals surface area contributed by atoms with E-state index < -0.39 is 18.2 Å². The first-order valence-corrected chi connectivity index (χ1v) is 3.73. The SMILES string of the molecule is O=C(O)CC(O)CC(O)CCl. The minimum Gasteiger partial charge on any atom is -0.481 e. The third kappa shape index (κ3) is 6.09. The number of alkyl halides is 1. The molecular weight excluding hydrogens is 172 g/mol. The third-order valence-corrected chi connectivity index (χ3v) is 1.49. The molecule has 3 N–H and O–H groups in total. The Balaban J connectivity index is 3.51. The van der Waals surface area contributed by atoms with Crippen molar-refractivity contribution >= 4 is 17.6 Å². The van der Waals surface area contributed by atoms with Gasteiger partial charge in [0.25, 0.3) is 0 Å². The van der Waals surface area contributed by atoms with E-state index in [2.05, 4.69) is 0 Å². The first-order valence-electron chi connectivity index (χ1n) is 3.20. The number of hydrogen-bond acceptors (Lipinski definition) is 3. The molecule has 0 saturated heterocycles. The fourth-order valence-corrected chi connectivity index (χ4v) is 0.788. The van der Waals surface area contributed by atoms with Gasteiger partial charge in [-0.25, -0.2) is 0 Å². The van der Waals surface area contributed by atoms with Crippen molar-refractivity contribution in [2.24, 2.45) is 0 Å². The van der Waals surface area contributed by atoms with Gasteiger partial charge in [-0.1, -0.05) is 0 Å².